The Morgan fingerprint density at radius 3 is 2.74 bits per heavy atom. The van der Waals surface area contributed by atoms with Crippen molar-refractivity contribution < 1.29 is 9.59 Å². The number of imidazole rings is 1. The number of rotatable bonds is 3. The highest BCUT2D eigenvalue weighted by Gasteiger charge is 2.37. The van der Waals surface area contributed by atoms with Gasteiger partial charge in [0.05, 0.1) is 11.0 Å². The van der Waals surface area contributed by atoms with Crippen molar-refractivity contribution in [3.63, 3.8) is 0 Å². The molecule has 1 aromatic heterocycles. The van der Waals surface area contributed by atoms with Crippen molar-refractivity contribution in [2.75, 3.05) is 13.1 Å². The Morgan fingerprint density at radius 1 is 1.19 bits per heavy atom. The molecule has 4 heterocycles. The van der Waals surface area contributed by atoms with Crippen molar-refractivity contribution in [1.29, 1.82) is 0 Å². The molecule has 0 spiro atoms. The fourth-order valence-electron chi connectivity index (χ4n) is 4.81. The molecule has 3 fully saturated rings. The lowest BCUT2D eigenvalue weighted by Gasteiger charge is -2.27. The van der Waals surface area contributed by atoms with Crippen molar-refractivity contribution in [3.8, 4) is 0 Å². The zero-order valence-electron chi connectivity index (χ0n) is 15.3. The first kappa shape index (κ1) is 16.7. The van der Waals surface area contributed by atoms with Crippen LogP contribution in [0, 0.1) is 0 Å². The fourth-order valence-corrected chi connectivity index (χ4v) is 4.81. The number of hydrogen-bond acceptors (Lipinski definition) is 5. The lowest BCUT2D eigenvalue weighted by atomic mass is 10.1. The molecular formula is C19H23N5O3. The molecule has 2 amide bonds. The van der Waals surface area contributed by atoms with E-state index in [4.69, 9.17) is 0 Å². The third-order valence-electron chi connectivity index (χ3n) is 6.23. The first-order valence-electron chi connectivity index (χ1n) is 9.52. The largest absolute Gasteiger partial charge is 0.329 e. The molecule has 1 unspecified atom stereocenters. The monoisotopic (exact) mass is 369 g/mol. The Bertz CT molecular complexity index is 1010. The Kier molecular flexibility index (Phi) is 3.73. The van der Waals surface area contributed by atoms with Gasteiger partial charge in [-0.1, -0.05) is 6.07 Å². The summed E-state index contributed by atoms with van der Waals surface area (Å²) < 4.78 is 3.13. The van der Waals surface area contributed by atoms with Crippen LogP contribution < -0.4 is 16.3 Å². The Balaban J connectivity index is 1.49. The van der Waals surface area contributed by atoms with Crippen molar-refractivity contribution in [2.45, 2.75) is 43.9 Å². The standard InChI is InChI=1S/C19H23N5O3/c1-22-16-6-11(9-23-10-12-7-13(23)8-20-12)2-3-14(16)24(19(22)27)15-4-5-17(25)21-18(15)26/h2-3,6,12-13,15,20H,4-5,7-10H2,1H3,(H,21,25,26)/t12-,13-,15?/m0/s1. The average Bonchev–Trinajstić information content (AvgIpc) is 3.32. The maximum absolute atomic E-state index is 12.8. The predicted octanol–water partition coefficient (Wildman–Crippen LogP) is -0.136. The van der Waals surface area contributed by atoms with Crippen LogP contribution in [0.4, 0.5) is 0 Å². The summed E-state index contributed by atoms with van der Waals surface area (Å²) >= 11 is 0. The van der Waals surface area contributed by atoms with Gasteiger partial charge < -0.3 is 5.32 Å². The molecule has 0 radical (unpaired) electrons. The number of hydrogen-bond donors (Lipinski definition) is 2. The van der Waals surface area contributed by atoms with Crippen molar-refractivity contribution in [1.82, 2.24) is 24.7 Å². The molecule has 3 aliphatic heterocycles. The van der Waals surface area contributed by atoms with Gasteiger partial charge in [-0.25, -0.2) is 4.79 Å². The SMILES string of the molecule is Cn1c(=O)n(C2CCC(=O)NC2=O)c2ccc(CN3C[C@@H]4C[C@H]3CN4)cc21. The number of amides is 2. The van der Waals surface area contributed by atoms with E-state index in [0.29, 0.717) is 18.5 Å². The number of aryl methyl sites for hydroxylation is 1. The van der Waals surface area contributed by atoms with Gasteiger partial charge in [-0.05, 0) is 30.5 Å². The average molecular weight is 369 g/mol. The van der Waals surface area contributed by atoms with Crippen LogP contribution in [0.2, 0.25) is 0 Å². The van der Waals surface area contributed by atoms with E-state index < -0.39 is 11.9 Å². The highest BCUT2D eigenvalue weighted by Crippen LogP contribution is 2.27. The summed E-state index contributed by atoms with van der Waals surface area (Å²) in [4.78, 5) is 39.0. The molecule has 3 saturated heterocycles. The summed E-state index contributed by atoms with van der Waals surface area (Å²) in [5, 5.41) is 5.86. The Labute approximate surface area is 156 Å². The van der Waals surface area contributed by atoms with E-state index >= 15 is 0 Å². The molecule has 142 valence electrons. The zero-order valence-corrected chi connectivity index (χ0v) is 15.3. The van der Waals surface area contributed by atoms with Crippen molar-refractivity contribution >= 4 is 22.8 Å². The van der Waals surface area contributed by atoms with Gasteiger partial charge in [-0.15, -0.1) is 0 Å². The minimum absolute atomic E-state index is 0.221. The van der Waals surface area contributed by atoms with E-state index in [2.05, 4.69) is 21.6 Å². The minimum Gasteiger partial charge on any atom is -0.311 e. The molecule has 8 heteroatoms. The number of aromatic nitrogens is 2. The third-order valence-corrected chi connectivity index (χ3v) is 6.23. The molecule has 0 saturated carbocycles. The first-order valence-corrected chi connectivity index (χ1v) is 9.52. The topological polar surface area (TPSA) is 88.4 Å². The molecule has 3 atom stereocenters. The third kappa shape index (κ3) is 2.62. The van der Waals surface area contributed by atoms with E-state index in [-0.39, 0.29) is 18.0 Å². The van der Waals surface area contributed by atoms with Gasteiger partial charge >= 0.3 is 5.69 Å². The maximum atomic E-state index is 12.8. The highest BCUT2D eigenvalue weighted by atomic mass is 16.2. The minimum atomic E-state index is -0.634. The van der Waals surface area contributed by atoms with Crippen LogP contribution in [-0.2, 0) is 23.2 Å². The fraction of sp³-hybridized carbons (Fsp3) is 0.526. The highest BCUT2D eigenvalue weighted by molar-refractivity contribution is 6.00. The van der Waals surface area contributed by atoms with Crippen molar-refractivity contribution in [2.24, 2.45) is 7.05 Å². The molecule has 5 rings (SSSR count). The number of benzene rings is 1. The van der Waals surface area contributed by atoms with Crippen molar-refractivity contribution in [3.05, 3.63) is 34.2 Å². The van der Waals surface area contributed by atoms with E-state index in [1.807, 2.05) is 12.1 Å². The lowest BCUT2D eigenvalue weighted by molar-refractivity contribution is -0.135. The first-order chi connectivity index (χ1) is 13.0. The summed E-state index contributed by atoms with van der Waals surface area (Å²) in [6, 6.07) is 6.61. The number of nitrogens with zero attached hydrogens (tertiary/aromatic N) is 3. The van der Waals surface area contributed by atoms with Gasteiger partial charge in [-0.3, -0.25) is 28.9 Å². The number of carbonyl (C=O) groups excluding carboxylic acids is 2. The maximum Gasteiger partial charge on any atom is 0.329 e. The second kappa shape index (κ2) is 6.03. The Morgan fingerprint density at radius 2 is 2.04 bits per heavy atom. The number of nitrogens with one attached hydrogen (secondary N) is 2. The van der Waals surface area contributed by atoms with Gasteiger partial charge in [0.1, 0.15) is 6.04 Å². The van der Waals surface area contributed by atoms with E-state index in [1.165, 1.54) is 16.6 Å². The summed E-state index contributed by atoms with van der Waals surface area (Å²) in [5.74, 6) is -0.674. The van der Waals surface area contributed by atoms with Crippen LogP contribution in [0.5, 0.6) is 0 Å². The molecule has 0 aliphatic carbocycles. The van der Waals surface area contributed by atoms with Crippen LogP contribution in [0.3, 0.4) is 0 Å². The van der Waals surface area contributed by atoms with Crippen LogP contribution in [0.25, 0.3) is 11.0 Å². The van der Waals surface area contributed by atoms with Crippen LogP contribution in [-0.4, -0.2) is 51.0 Å². The number of likely N-dealkylation sites (tertiary alicyclic amines) is 1. The molecule has 8 nitrogen and oxygen atoms in total. The number of piperidine rings is 1. The van der Waals surface area contributed by atoms with Crippen LogP contribution in [0.1, 0.15) is 30.9 Å². The summed E-state index contributed by atoms with van der Waals surface area (Å²) in [6.07, 6.45) is 1.82. The zero-order chi connectivity index (χ0) is 18.7. The number of carbonyl (C=O) groups is 2. The van der Waals surface area contributed by atoms with E-state index in [1.54, 1.807) is 11.6 Å². The molecule has 3 aliphatic rings. The van der Waals surface area contributed by atoms with Crippen LogP contribution in [0.15, 0.2) is 23.0 Å². The summed E-state index contributed by atoms with van der Waals surface area (Å²) in [6.45, 7) is 2.99. The number of imide groups is 1. The quantitative estimate of drug-likeness (QED) is 0.736. The second-order valence-electron chi connectivity index (χ2n) is 7.93. The number of fused-ring (bicyclic) bond motifs is 3. The van der Waals surface area contributed by atoms with Gasteiger partial charge in [-0.2, -0.15) is 0 Å². The molecule has 2 N–H and O–H groups in total. The van der Waals surface area contributed by atoms with Gasteiger partial charge in [0.25, 0.3) is 0 Å². The van der Waals surface area contributed by atoms with E-state index in [9.17, 15) is 14.4 Å². The molecular weight excluding hydrogens is 346 g/mol. The van der Waals surface area contributed by atoms with Gasteiger partial charge in [0.2, 0.25) is 11.8 Å². The Hall–Kier alpha value is -2.45. The molecule has 2 bridgehead atoms. The predicted molar refractivity (Wildman–Crippen MR) is 99.2 cm³/mol. The van der Waals surface area contributed by atoms with E-state index in [0.717, 1.165) is 30.7 Å². The second-order valence-corrected chi connectivity index (χ2v) is 7.93. The number of piperazine rings is 1. The summed E-state index contributed by atoms with van der Waals surface area (Å²) in [5.41, 5.74) is 2.52. The summed E-state index contributed by atoms with van der Waals surface area (Å²) in [7, 11) is 1.73. The van der Waals surface area contributed by atoms with Gasteiger partial charge in [0, 0.05) is 45.2 Å². The van der Waals surface area contributed by atoms with Crippen LogP contribution >= 0.6 is 0 Å². The normalized spacial score (nSPS) is 28.3. The lowest BCUT2D eigenvalue weighted by Crippen LogP contribution is -2.44. The smallest absolute Gasteiger partial charge is 0.311 e. The molecule has 1 aromatic carbocycles. The van der Waals surface area contributed by atoms with Gasteiger partial charge in [0.15, 0.2) is 0 Å². The molecule has 27 heavy (non-hydrogen) atoms. The molecule has 2 aromatic rings.